The molecule has 1 saturated heterocycles. The Bertz CT molecular complexity index is 436. The van der Waals surface area contributed by atoms with E-state index in [4.69, 9.17) is 11.5 Å². The smallest absolute Gasteiger partial charge is 0.221 e. The Morgan fingerprint density at radius 2 is 2.29 bits per heavy atom. The number of likely N-dealkylation sites (tertiary alicyclic amines) is 1. The summed E-state index contributed by atoms with van der Waals surface area (Å²) in [6, 6.07) is 4.40. The highest BCUT2D eigenvalue weighted by Crippen LogP contribution is 2.21. The van der Waals surface area contributed by atoms with E-state index in [1.165, 1.54) is 12.1 Å². The van der Waals surface area contributed by atoms with Crippen LogP contribution in [0.4, 0.5) is 10.1 Å². The van der Waals surface area contributed by atoms with Crippen LogP contribution < -0.4 is 11.5 Å². The van der Waals surface area contributed by atoms with Gasteiger partial charge in [0.15, 0.2) is 0 Å². The topological polar surface area (TPSA) is 72.4 Å². The lowest BCUT2D eigenvalue weighted by atomic mass is 10.1. The van der Waals surface area contributed by atoms with Crippen molar-refractivity contribution in [1.29, 1.82) is 0 Å². The van der Waals surface area contributed by atoms with Crippen LogP contribution in [-0.4, -0.2) is 23.9 Å². The van der Waals surface area contributed by atoms with Gasteiger partial charge in [-0.1, -0.05) is 6.07 Å². The van der Waals surface area contributed by atoms with Crippen LogP contribution in [0.25, 0.3) is 0 Å². The zero-order chi connectivity index (χ0) is 12.4. The van der Waals surface area contributed by atoms with Gasteiger partial charge in [0, 0.05) is 18.8 Å². The molecule has 1 atom stereocenters. The van der Waals surface area contributed by atoms with Crippen LogP contribution in [0.5, 0.6) is 0 Å². The predicted molar refractivity (Wildman–Crippen MR) is 63.4 cm³/mol. The Balaban J connectivity index is 2.00. The number of nitrogens with two attached hydrogens (primary N) is 2. The van der Waals surface area contributed by atoms with E-state index < -0.39 is 0 Å². The van der Waals surface area contributed by atoms with E-state index in [0.717, 1.165) is 18.5 Å². The van der Waals surface area contributed by atoms with Crippen LogP contribution in [0.3, 0.4) is 0 Å². The van der Waals surface area contributed by atoms with Crippen molar-refractivity contribution in [2.24, 2.45) is 11.7 Å². The summed E-state index contributed by atoms with van der Waals surface area (Å²) < 4.78 is 12.9. The van der Waals surface area contributed by atoms with Gasteiger partial charge in [-0.05, 0) is 30.7 Å². The number of carbonyl (C=O) groups is 1. The monoisotopic (exact) mass is 237 g/mol. The van der Waals surface area contributed by atoms with Crippen molar-refractivity contribution < 1.29 is 9.18 Å². The van der Waals surface area contributed by atoms with Crippen LogP contribution in [-0.2, 0) is 11.3 Å². The second-order valence-corrected chi connectivity index (χ2v) is 4.47. The Morgan fingerprint density at radius 1 is 1.53 bits per heavy atom. The SMILES string of the molecule is NC(=O)C1CCN(Cc2ccc(F)cc2N)C1. The Kier molecular flexibility index (Phi) is 3.28. The summed E-state index contributed by atoms with van der Waals surface area (Å²) in [5.74, 6) is -0.654. The minimum atomic E-state index is -0.331. The van der Waals surface area contributed by atoms with Gasteiger partial charge in [0.05, 0.1) is 5.92 Å². The third-order valence-corrected chi connectivity index (χ3v) is 3.18. The van der Waals surface area contributed by atoms with Gasteiger partial charge in [0.2, 0.25) is 5.91 Å². The van der Waals surface area contributed by atoms with E-state index in [1.54, 1.807) is 6.07 Å². The van der Waals surface area contributed by atoms with Gasteiger partial charge in [-0.15, -0.1) is 0 Å². The molecule has 1 aliphatic rings. The molecule has 0 aromatic heterocycles. The lowest BCUT2D eigenvalue weighted by molar-refractivity contribution is -0.121. The van der Waals surface area contributed by atoms with Crippen LogP contribution in [0.2, 0.25) is 0 Å². The number of anilines is 1. The molecule has 0 radical (unpaired) electrons. The minimum absolute atomic E-state index is 0.0725. The molecule has 4 nitrogen and oxygen atoms in total. The molecule has 1 aliphatic heterocycles. The number of hydrogen-bond acceptors (Lipinski definition) is 3. The van der Waals surface area contributed by atoms with Crippen molar-refractivity contribution in [2.75, 3.05) is 18.8 Å². The third kappa shape index (κ3) is 2.74. The summed E-state index contributed by atoms with van der Waals surface area (Å²) in [7, 11) is 0. The van der Waals surface area contributed by atoms with Crippen molar-refractivity contribution in [3.05, 3.63) is 29.6 Å². The van der Waals surface area contributed by atoms with E-state index in [-0.39, 0.29) is 17.6 Å². The predicted octanol–water partition coefficient (Wildman–Crippen LogP) is 0.715. The molecule has 0 aliphatic carbocycles. The van der Waals surface area contributed by atoms with Crippen molar-refractivity contribution in [3.8, 4) is 0 Å². The number of hydrogen-bond donors (Lipinski definition) is 2. The molecule has 0 spiro atoms. The maximum atomic E-state index is 12.9. The van der Waals surface area contributed by atoms with Gasteiger partial charge in [0.25, 0.3) is 0 Å². The summed E-state index contributed by atoms with van der Waals surface area (Å²) in [5.41, 5.74) is 12.3. The highest BCUT2D eigenvalue weighted by atomic mass is 19.1. The van der Waals surface area contributed by atoms with Gasteiger partial charge in [0.1, 0.15) is 5.82 Å². The molecule has 0 saturated carbocycles. The fourth-order valence-electron chi connectivity index (χ4n) is 2.16. The Labute approximate surface area is 99.4 Å². The number of halogens is 1. The molecular weight excluding hydrogens is 221 g/mol. The van der Waals surface area contributed by atoms with Crippen molar-refractivity contribution in [1.82, 2.24) is 4.90 Å². The molecule has 1 fully saturated rings. The first-order valence-corrected chi connectivity index (χ1v) is 5.62. The maximum absolute atomic E-state index is 12.9. The van der Waals surface area contributed by atoms with E-state index in [1.807, 2.05) is 0 Å². The fraction of sp³-hybridized carbons (Fsp3) is 0.417. The second kappa shape index (κ2) is 4.71. The quantitative estimate of drug-likeness (QED) is 0.761. The largest absolute Gasteiger partial charge is 0.398 e. The number of primary amides is 1. The number of carbonyl (C=O) groups excluding carboxylic acids is 1. The second-order valence-electron chi connectivity index (χ2n) is 4.47. The van der Waals surface area contributed by atoms with Crippen LogP contribution >= 0.6 is 0 Å². The van der Waals surface area contributed by atoms with Gasteiger partial charge < -0.3 is 11.5 Å². The van der Waals surface area contributed by atoms with Crippen LogP contribution in [0.15, 0.2) is 18.2 Å². The zero-order valence-electron chi connectivity index (χ0n) is 9.53. The Hall–Kier alpha value is -1.62. The number of amides is 1. The molecule has 4 N–H and O–H groups in total. The Morgan fingerprint density at radius 3 is 2.88 bits per heavy atom. The van der Waals surface area contributed by atoms with Crippen LogP contribution in [0, 0.1) is 11.7 Å². The minimum Gasteiger partial charge on any atom is -0.398 e. The van der Waals surface area contributed by atoms with Crippen molar-refractivity contribution in [2.45, 2.75) is 13.0 Å². The lowest BCUT2D eigenvalue weighted by Gasteiger charge is -2.16. The molecular formula is C12H16FN3O. The number of nitrogens with zero attached hydrogens (tertiary/aromatic N) is 1. The van der Waals surface area contributed by atoms with Gasteiger partial charge >= 0.3 is 0 Å². The van der Waals surface area contributed by atoms with E-state index in [0.29, 0.717) is 18.8 Å². The molecule has 1 heterocycles. The average molecular weight is 237 g/mol. The van der Waals surface area contributed by atoms with Crippen molar-refractivity contribution in [3.63, 3.8) is 0 Å². The highest BCUT2D eigenvalue weighted by molar-refractivity contribution is 5.77. The molecule has 92 valence electrons. The highest BCUT2D eigenvalue weighted by Gasteiger charge is 2.26. The fourth-order valence-corrected chi connectivity index (χ4v) is 2.16. The summed E-state index contributed by atoms with van der Waals surface area (Å²) >= 11 is 0. The third-order valence-electron chi connectivity index (χ3n) is 3.18. The summed E-state index contributed by atoms with van der Waals surface area (Å²) in [4.78, 5) is 13.1. The summed E-state index contributed by atoms with van der Waals surface area (Å²) in [6.07, 6.45) is 0.788. The number of rotatable bonds is 3. The van der Waals surface area contributed by atoms with E-state index >= 15 is 0 Å². The molecule has 1 aromatic rings. The first-order chi connectivity index (χ1) is 8.06. The molecule has 17 heavy (non-hydrogen) atoms. The molecule has 1 aromatic carbocycles. The van der Waals surface area contributed by atoms with E-state index in [9.17, 15) is 9.18 Å². The number of nitrogen functional groups attached to an aromatic ring is 1. The summed E-state index contributed by atoms with van der Waals surface area (Å²) in [6.45, 7) is 2.12. The average Bonchev–Trinajstić information content (AvgIpc) is 2.71. The maximum Gasteiger partial charge on any atom is 0.221 e. The molecule has 5 heteroatoms. The van der Waals surface area contributed by atoms with E-state index in [2.05, 4.69) is 4.90 Å². The van der Waals surface area contributed by atoms with Gasteiger partial charge in [-0.3, -0.25) is 9.69 Å². The summed E-state index contributed by atoms with van der Waals surface area (Å²) in [5, 5.41) is 0. The number of benzene rings is 1. The van der Waals surface area contributed by atoms with Crippen molar-refractivity contribution >= 4 is 11.6 Å². The zero-order valence-corrected chi connectivity index (χ0v) is 9.53. The first-order valence-electron chi connectivity index (χ1n) is 5.62. The molecule has 0 bridgehead atoms. The molecule has 1 amide bonds. The van der Waals surface area contributed by atoms with Crippen LogP contribution in [0.1, 0.15) is 12.0 Å². The van der Waals surface area contributed by atoms with Gasteiger partial charge in [-0.2, -0.15) is 0 Å². The molecule has 2 rings (SSSR count). The van der Waals surface area contributed by atoms with Gasteiger partial charge in [-0.25, -0.2) is 4.39 Å². The first kappa shape index (κ1) is 11.9. The normalized spacial score (nSPS) is 20.6. The molecule has 1 unspecified atom stereocenters. The standard InChI is InChI=1S/C12H16FN3O/c13-10-2-1-8(11(14)5-10)6-16-4-3-9(7-16)12(15)17/h1-2,5,9H,3-4,6-7,14H2,(H2,15,17). The lowest BCUT2D eigenvalue weighted by Crippen LogP contribution is -2.27.